The van der Waals surface area contributed by atoms with Crippen LogP contribution in [0.15, 0.2) is 29.4 Å². The van der Waals surface area contributed by atoms with Crippen molar-refractivity contribution < 1.29 is 30.7 Å². The Morgan fingerprint density at radius 3 is 2.24 bits per heavy atom. The van der Waals surface area contributed by atoms with E-state index in [2.05, 4.69) is 9.97 Å². The summed E-state index contributed by atoms with van der Waals surface area (Å²) < 4.78 is 76.9. The van der Waals surface area contributed by atoms with E-state index in [9.17, 15) is 21.2 Å². The third-order valence-electron chi connectivity index (χ3n) is 6.68. The smallest absolute Gasteiger partial charge is 0.229 e. The molecule has 0 N–H and O–H groups in total. The Balaban J connectivity index is 1.31. The number of ether oxygens (including phenoxy) is 2. The first-order valence-corrected chi connectivity index (χ1v) is 14.6. The second kappa shape index (κ2) is 8.42. The second-order valence-corrected chi connectivity index (χ2v) is 13.4. The number of fused-ring (bicyclic) bond motifs is 2. The summed E-state index contributed by atoms with van der Waals surface area (Å²) in [5.74, 6) is -0.567. The Morgan fingerprint density at radius 2 is 1.65 bits per heavy atom. The van der Waals surface area contributed by atoms with Gasteiger partial charge in [-0.25, -0.2) is 31.2 Å². The average Bonchev–Trinajstić information content (AvgIpc) is 3.57. The van der Waals surface area contributed by atoms with Crippen LogP contribution in [0.1, 0.15) is 44.1 Å². The van der Waals surface area contributed by atoms with Crippen molar-refractivity contribution in [3.63, 3.8) is 0 Å². The van der Waals surface area contributed by atoms with Crippen molar-refractivity contribution in [3.8, 4) is 17.5 Å². The van der Waals surface area contributed by atoms with E-state index in [0.29, 0.717) is 31.2 Å². The van der Waals surface area contributed by atoms with Gasteiger partial charge in [-0.15, -0.1) is 0 Å². The molecule has 0 spiro atoms. The van der Waals surface area contributed by atoms with Crippen LogP contribution in [0, 0.1) is 12.7 Å². The zero-order valence-electron chi connectivity index (χ0n) is 18.8. The van der Waals surface area contributed by atoms with Crippen LogP contribution < -0.4 is 9.47 Å². The summed E-state index contributed by atoms with van der Waals surface area (Å²) in [6.45, 7) is 1.69. The number of rotatable bonds is 7. The van der Waals surface area contributed by atoms with E-state index < -0.39 is 30.9 Å². The van der Waals surface area contributed by atoms with Crippen LogP contribution >= 0.6 is 0 Å². The first kappa shape index (κ1) is 23.4. The lowest BCUT2D eigenvalue weighted by Gasteiger charge is -2.36. The maximum Gasteiger partial charge on any atom is 0.229 e. The number of piperidine rings is 1. The van der Waals surface area contributed by atoms with Gasteiger partial charge in [0.2, 0.25) is 21.8 Å². The molecule has 2 saturated heterocycles. The van der Waals surface area contributed by atoms with Gasteiger partial charge < -0.3 is 9.47 Å². The molecular weight excluding hydrogens is 485 g/mol. The van der Waals surface area contributed by atoms with Crippen molar-refractivity contribution in [2.75, 3.05) is 6.26 Å². The van der Waals surface area contributed by atoms with Crippen molar-refractivity contribution in [2.24, 2.45) is 0 Å². The van der Waals surface area contributed by atoms with Crippen LogP contribution in [0.2, 0.25) is 0 Å². The van der Waals surface area contributed by atoms with Gasteiger partial charge in [0.1, 0.15) is 12.4 Å². The molecule has 2 unspecified atom stereocenters. The van der Waals surface area contributed by atoms with Crippen LogP contribution in [0.25, 0.3) is 0 Å². The second-order valence-electron chi connectivity index (χ2n) is 9.24. The highest BCUT2D eigenvalue weighted by Gasteiger charge is 2.46. The number of benzene rings is 1. The topological polar surface area (TPSA) is 116 Å². The predicted molar refractivity (Wildman–Crippen MR) is 121 cm³/mol. The maximum absolute atomic E-state index is 14.7. The molecule has 9 nitrogen and oxygen atoms in total. The molecule has 0 radical (unpaired) electrons. The van der Waals surface area contributed by atoms with E-state index in [4.69, 9.17) is 9.47 Å². The maximum atomic E-state index is 14.7. The first-order chi connectivity index (χ1) is 16.0. The van der Waals surface area contributed by atoms with E-state index >= 15 is 0 Å². The van der Waals surface area contributed by atoms with E-state index in [1.165, 1.54) is 24.7 Å². The number of hydrogen-bond acceptors (Lipinski definition) is 8. The lowest BCUT2D eigenvalue weighted by Crippen LogP contribution is -2.48. The normalized spacial score (nSPS) is 25.3. The molecule has 3 heterocycles. The quantitative estimate of drug-likeness (QED) is 0.557. The average molecular weight is 512 g/mol. The zero-order valence-corrected chi connectivity index (χ0v) is 20.5. The third kappa shape index (κ3) is 4.38. The number of sulfonamides is 1. The summed E-state index contributed by atoms with van der Waals surface area (Å²) in [7, 11) is -6.78. The summed E-state index contributed by atoms with van der Waals surface area (Å²) >= 11 is 0. The molecular formula is C22H26FN3O6S2. The largest absolute Gasteiger partial charge is 0.474 e. The molecule has 184 valence electrons. The van der Waals surface area contributed by atoms with Crippen molar-refractivity contribution >= 4 is 19.9 Å². The molecule has 2 aliphatic heterocycles. The van der Waals surface area contributed by atoms with Gasteiger partial charge in [-0.3, -0.25) is 0 Å². The fraction of sp³-hybridized carbons (Fsp3) is 0.545. The van der Waals surface area contributed by atoms with Crippen molar-refractivity contribution in [1.29, 1.82) is 0 Å². The first-order valence-electron chi connectivity index (χ1n) is 11.2. The van der Waals surface area contributed by atoms with Gasteiger partial charge in [-0.1, -0.05) is 0 Å². The molecule has 3 atom stereocenters. The van der Waals surface area contributed by atoms with Crippen molar-refractivity contribution in [3.05, 3.63) is 35.9 Å². The zero-order chi connectivity index (χ0) is 24.3. The SMILES string of the molecule is Cc1c(Oc2ccc(S(=O)(=O)C3CC3)cc2F)ncnc1OC1CC2CC[C@@H](C1)N2S(C)(=O)=O. The van der Waals surface area contributed by atoms with E-state index in [1.54, 1.807) is 11.2 Å². The molecule has 2 bridgehead atoms. The lowest BCUT2D eigenvalue weighted by molar-refractivity contribution is 0.0911. The van der Waals surface area contributed by atoms with Crippen molar-refractivity contribution in [1.82, 2.24) is 14.3 Å². The summed E-state index contributed by atoms with van der Waals surface area (Å²) in [6, 6.07) is 3.42. The molecule has 1 aliphatic carbocycles. The Labute approximate surface area is 198 Å². The predicted octanol–water partition coefficient (Wildman–Crippen LogP) is 2.99. The minimum Gasteiger partial charge on any atom is -0.474 e. The fourth-order valence-electron chi connectivity index (χ4n) is 4.94. The van der Waals surface area contributed by atoms with Crippen LogP contribution in [0.4, 0.5) is 4.39 Å². The van der Waals surface area contributed by atoms with E-state index in [-0.39, 0.29) is 40.6 Å². The summed E-state index contributed by atoms with van der Waals surface area (Å²) in [6.07, 6.45) is 6.22. The highest BCUT2D eigenvalue weighted by molar-refractivity contribution is 7.92. The van der Waals surface area contributed by atoms with Gasteiger partial charge in [-0.05, 0) is 50.8 Å². The minimum absolute atomic E-state index is 0.0571. The number of sulfone groups is 1. The highest BCUT2D eigenvalue weighted by Crippen LogP contribution is 2.40. The highest BCUT2D eigenvalue weighted by atomic mass is 32.2. The van der Waals surface area contributed by atoms with Crippen LogP contribution in [0.5, 0.6) is 17.5 Å². The fourth-order valence-corrected chi connectivity index (χ4v) is 8.07. The van der Waals surface area contributed by atoms with Crippen LogP contribution in [-0.4, -0.2) is 60.8 Å². The summed E-state index contributed by atoms with van der Waals surface area (Å²) in [5, 5.41) is -0.429. The monoisotopic (exact) mass is 511 g/mol. The number of halogens is 1. The molecule has 3 fully saturated rings. The number of nitrogens with zero attached hydrogens (tertiary/aromatic N) is 3. The summed E-state index contributed by atoms with van der Waals surface area (Å²) in [4.78, 5) is 8.21. The van der Waals surface area contributed by atoms with E-state index in [0.717, 1.165) is 18.9 Å². The molecule has 1 aromatic carbocycles. The number of aromatic nitrogens is 2. The Hall–Kier alpha value is -2.31. The third-order valence-corrected chi connectivity index (χ3v) is 10.3. The van der Waals surface area contributed by atoms with Gasteiger partial charge in [0.25, 0.3) is 0 Å². The van der Waals surface area contributed by atoms with Gasteiger partial charge in [0, 0.05) is 24.9 Å². The van der Waals surface area contributed by atoms with Crippen LogP contribution in [-0.2, 0) is 19.9 Å². The Kier molecular flexibility index (Phi) is 5.80. The van der Waals surface area contributed by atoms with Gasteiger partial charge in [0.15, 0.2) is 21.4 Å². The standard InChI is InChI=1S/C22H26FN3O6S2/c1-13-21(31-16-9-14-3-4-15(10-16)26(14)33(2,27)28)24-12-25-22(13)32-20-8-7-18(11-19(20)23)34(29,30)17-5-6-17/h7-8,11-12,14-17H,3-6,9-10H2,1-2H3/t14-,15?,16?/m0/s1. The van der Waals surface area contributed by atoms with Gasteiger partial charge in [0.05, 0.1) is 22.0 Å². The molecule has 5 rings (SSSR count). The van der Waals surface area contributed by atoms with Crippen molar-refractivity contribution in [2.45, 2.75) is 73.8 Å². The Morgan fingerprint density at radius 1 is 1.00 bits per heavy atom. The molecule has 34 heavy (non-hydrogen) atoms. The molecule has 12 heteroatoms. The molecule has 3 aliphatic rings. The van der Waals surface area contributed by atoms with E-state index in [1.807, 2.05) is 0 Å². The van der Waals surface area contributed by atoms with Crippen LogP contribution in [0.3, 0.4) is 0 Å². The Bertz CT molecular complexity index is 1320. The van der Waals surface area contributed by atoms with Gasteiger partial charge in [-0.2, -0.15) is 4.31 Å². The molecule has 1 aromatic heterocycles. The van der Waals surface area contributed by atoms with Gasteiger partial charge >= 0.3 is 0 Å². The number of hydrogen-bond donors (Lipinski definition) is 0. The summed E-state index contributed by atoms with van der Waals surface area (Å²) in [5.41, 5.74) is 0.467. The molecule has 1 saturated carbocycles. The minimum atomic E-state index is -3.51. The molecule has 2 aromatic rings. The molecule has 0 amide bonds. The lowest BCUT2D eigenvalue weighted by atomic mass is 10.0.